The molecule has 0 spiro atoms. The maximum atomic E-state index is 12.4. The first-order valence-electron chi connectivity index (χ1n) is 5.70. The molecular formula is C13H12ClN3O. The molecule has 2 aromatic rings. The fourth-order valence-electron chi connectivity index (χ4n) is 2.33. The molecule has 1 aliphatic heterocycles. The standard InChI is InChI=1S/C13H12ClN3O/c14-9-6-11(16-7-9)13(18)17-5-4-8-2-1-3-10(15)12(8)17/h1-3,6-7,16H,4-5,15H2. The summed E-state index contributed by atoms with van der Waals surface area (Å²) in [5.41, 5.74) is 9.01. The van der Waals surface area contributed by atoms with Gasteiger partial charge in [-0.1, -0.05) is 23.7 Å². The highest BCUT2D eigenvalue weighted by atomic mass is 35.5. The third-order valence-electron chi connectivity index (χ3n) is 3.15. The third kappa shape index (κ3) is 1.66. The minimum atomic E-state index is -0.0986. The van der Waals surface area contributed by atoms with Crippen LogP contribution in [0.1, 0.15) is 16.1 Å². The molecule has 0 radical (unpaired) electrons. The van der Waals surface area contributed by atoms with Crippen molar-refractivity contribution < 1.29 is 4.79 Å². The Morgan fingerprint density at radius 1 is 1.44 bits per heavy atom. The molecular weight excluding hydrogens is 250 g/mol. The Morgan fingerprint density at radius 2 is 2.28 bits per heavy atom. The molecule has 0 bridgehead atoms. The summed E-state index contributed by atoms with van der Waals surface area (Å²) in [4.78, 5) is 16.9. The minimum Gasteiger partial charge on any atom is -0.397 e. The van der Waals surface area contributed by atoms with Crippen molar-refractivity contribution in [2.75, 3.05) is 17.2 Å². The number of fused-ring (bicyclic) bond motifs is 1. The van der Waals surface area contributed by atoms with Crippen LogP contribution in [-0.2, 0) is 6.42 Å². The molecule has 1 amide bonds. The number of aromatic nitrogens is 1. The minimum absolute atomic E-state index is 0.0986. The van der Waals surface area contributed by atoms with Gasteiger partial charge in [-0.3, -0.25) is 4.79 Å². The van der Waals surface area contributed by atoms with Gasteiger partial charge in [0.1, 0.15) is 5.69 Å². The van der Waals surface area contributed by atoms with Crippen LogP contribution in [-0.4, -0.2) is 17.4 Å². The van der Waals surface area contributed by atoms with Crippen LogP contribution in [0.25, 0.3) is 0 Å². The van der Waals surface area contributed by atoms with Gasteiger partial charge in [0, 0.05) is 12.7 Å². The lowest BCUT2D eigenvalue weighted by molar-refractivity contribution is 0.0985. The number of rotatable bonds is 1. The molecule has 2 heterocycles. The lowest BCUT2D eigenvalue weighted by Crippen LogP contribution is -2.29. The Balaban J connectivity index is 2.00. The van der Waals surface area contributed by atoms with Gasteiger partial charge in [-0.25, -0.2) is 0 Å². The summed E-state index contributed by atoms with van der Waals surface area (Å²) in [5.74, 6) is -0.0986. The number of anilines is 2. The van der Waals surface area contributed by atoms with Crippen LogP contribution in [0.2, 0.25) is 5.02 Å². The zero-order valence-corrected chi connectivity index (χ0v) is 10.4. The normalized spacial score (nSPS) is 13.7. The summed E-state index contributed by atoms with van der Waals surface area (Å²) in [6, 6.07) is 7.35. The van der Waals surface area contributed by atoms with Crippen LogP contribution in [0, 0.1) is 0 Å². The van der Waals surface area contributed by atoms with Gasteiger partial charge in [-0.2, -0.15) is 0 Å². The van der Waals surface area contributed by atoms with E-state index in [9.17, 15) is 4.79 Å². The molecule has 3 rings (SSSR count). The average molecular weight is 262 g/mol. The lowest BCUT2D eigenvalue weighted by atomic mass is 10.1. The molecule has 0 saturated carbocycles. The van der Waals surface area contributed by atoms with Gasteiger partial charge in [0.15, 0.2) is 0 Å². The highest BCUT2D eigenvalue weighted by Gasteiger charge is 2.27. The second-order valence-corrected chi connectivity index (χ2v) is 4.73. The molecule has 5 heteroatoms. The van der Waals surface area contributed by atoms with Gasteiger partial charge in [0.2, 0.25) is 0 Å². The largest absolute Gasteiger partial charge is 0.397 e. The van der Waals surface area contributed by atoms with E-state index in [2.05, 4.69) is 4.98 Å². The summed E-state index contributed by atoms with van der Waals surface area (Å²) in [6.07, 6.45) is 2.43. The zero-order chi connectivity index (χ0) is 12.7. The maximum Gasteiger partial charge on any atom is 0.274 e. The monoisotopic (exact) mass is 261 g/mol. The number of carbonyl (C=O) groups excluding carboxylic acids is 1. The van der Waals surface area contributed by atoms with Crippen LogP contribution in [0.5, 0.6) is 0 Å². The number of amides is 1. The summed E-state index contributed by atoms with van der Waals surface area (Å²) < 4.78 is 0. The van der Waals surface area contributed by atoms with Crippen molar-refractivity contribution in [2.45, 2.75) is 6.42 Å². The fraction of sp³-hybridized carbons (Fsp3) is 0.154. The van der Waals surface area contributed by atoms with E-state index in [1.165, 1.54) is 0 Å². The molecule has 1 aliphatic rings. The SMILES string of the molecule is Nc1cccc2c1N(C(=O)c1cc(Cl)c[nH]1)CC2. The van der Waals surface area contributed by atoms with E-state index in [1.807, 2.05) is 18.2 Å². The van der Waals surface area contributed by atoms with Crippen molar-refractivity contribution in [3.63, 3.8) is 0 Å². The lowest BCUT2D eigenvalue weighted by Gasteiger charge is -2.18. The number of H-pyrrole nitrogens is 1. The molecule has 1 aromatic carbocycles. The smallest absolute Gasteiger partial charge is 0.274 e. The number of nitrogen functional groups attached to an aromatic ring is 1. The van der Waals surface area contributed by atoms with E-state index in [-0.39, 0.29) is 5.91 Å². The first kappa shape index (κ1) is 11.2. The topological polar surface area (TPSA) is 62.1 Å². The Morgan fingerprint density at radius 3 is 3.00 bits per heavy atom. The summed E-state index contributed by atoms with van der Waals surface area (Å²) in [6.45, 7) is 0.652. The maximum absolute atomic E-state index is 12.4. The predicted molar refractivity (Wildman–Crippen MR) is 72.0 cm³/mol. The van der Waals surface area contributed by atoms with Crippen LogP contribution in [0.3, 0.4) is 0 Å². The van der Waals surface area contributed by atoms with E-state index in [0.717, 1.165) is 17.7 Å². The first-order chi connectivity index (χ1) is 8.66. The molecule has 0 atom stereocenters. The van der Waals surface area contributed by atoms with Crippen LogP contribution < -0.4 is 10.6 Å². The number of halogens is 1. The van der Waals surface area contributed by atoms with E-state index in [1.54, 1.807) is 17.2 Å². The predicted octanol–water partition coefficient (Wildman–Crippen LogP) is 2.45. The van der Waals surface area contributed by atoms with Crippen molar-refractivity contribution in [1.82, 2.24) is 4.98 Å². The van der Waals surface area contributed by atoms with Crippen LogP contribution >= 0.6 is 11.6 Å². The molecule has 1 aromatic heterocycles. The molecule has 92 valence electrons. The van der Waals surface area contributed by atoms with Crippen LogP contribution in [0.4, 0.5) is 11.4 Å². The molecule has 18 heavy (non-hydrogen) atoms. The molecule has 0 saturated heterocycles. The highest BCUT2D eigenvalue weighted by Crippen LogP contribution is 2.34. The first-order valence-corrected chi connectivity index (χ1v) is 6.08. The third-order valence-corrected chi connectivity index (χ3v) is 3.37. The number of nitrogens with two attached hydrogens (primary N) is 1. The van der Waals surface area contributed by atoms with Crippen LogP contribution in [0.15, 0.2) is 30.5 Å². The van der Waals surface area contributed by atoms with E-state index in [0.29, 0.717) is 22.9 Å². The average Bonchev–Trinajstić information content (AvgIpc) is 2.95. The van der Waals surface area contributed by atoms with Crippen molar-refractivity contribution in [2.24, 2.45) is 0 Å². The molecule has 0 fully saturated rings. The number of benzene rings is 1. The number of para-hydroxylation sites is 1. The van der Waals surface area contributed by atoms with Gasteiger partial charge < -0.3 is 15.6 Å². The van der Waals surface area contributed by atoms with Gasteiger partial charge in [0.25, 0.3) is 5.91 Å². The number of aromatic amines is 1. The number of hydrogen-bond acceptors (Lipinski definition) is 2. The van der Waals surface area contributed by atoms with E-state index >= 15 is 0 Å². The highest BCUT2D eigenvalue weighted by molar-refractivity contribution is 6.31. The Bertz CT molecular complexity index is 620. The number of carbonyl (C=O) groups is 1. The van der Waals surface area contributed by atoms with Gasteiger partial charge in [-0.15, -0.1) is 0 Å². The Labute approximate surface area is 109 Å². The second-order valence-electron chi connectivity index (χ2n) is 4.29. The van der Waals surface area contributed by atoms with Crippen molar-refractivity contribution in [3.8, 4) is 0 Å². The molecule has 3 N–H and O–H groups in total. The Hall–Kier alpha value is -1.94. The number of nitrogens with one attached hydrogen (secondary N) is 1. The number of nitrogens with zero attached hydrogens (tertiary/aromatic N) is 1. The van der Waals surface area contributed by atoms with Crippen molar-refractivity contribution >= 4 is 28.9 Å². The fourth-order valence-corrected chi connectivity index (χ4v) is 2.49. The zero-order valence-electron chi connectivity index (χ0n) is 9.61. The van der Waals surface area contributed by atoms with Crippen molar-refractivity contribution in [3.05, 3.63) is 46.7 Å². The Kier molecular flexibility index (Phi) is 2.52. The van der Waals surface area contributed by atoms with Gasteiger partial charge in [0.05, 0.1) is 16.4 Å². The number of hydrogen-bond donors (Lipinski definition) is 2. The van der Waals surface area contributed by atoms with E-state index in [4.69, 9.17) is 17.3 Å². The summed E-state index contributed by atoms with van der Waals surface area (Å²) >= 11 is 5.82. The van der Waals surface area contributed by atoms with Gasteiger partial charge in [-0.05, 0) is 24.1 Å². The summed E-state index contributed by atoms with van der Waals surface area (Å²) in [7, 11) is 0. The molecule has 0 unspecified atom stereocenters. The van der Waals surface area contributed by atoms with Gasteiger partial charge >= 0.3 is 0 Å². The van der Waals surface area contributed by atoms with Crippen molar-refractivity contribution in [1.29, 1.82) is 0 Å². The second kappa shape index (κ2) is 4.07. The summed E-state index contributed by atoms with van der Waals surface area (Å²) in [5, 5.41) is 0.527. The quantitative estimate of drug-likeness (QED) is 0.775. The molecule has 4 nitrogen and oxygen atoms in total. The van der Waals surface area contributed by atoms with E-state index < -0.39 is 0 Å². The molecule has 0 aliphatic carbocycles.